The fourth-order valence-electron chi connectivity index (χ4n) is 4.23. The van der Waals surface area contributed by atoms with E-state index in [1.165, 1.54) is 12.4 Å². The molecule has 5 rings (SSSR count). The fourth-order valence-corrected chi connectivity index (χ4v) is 4.80. The molecule has 182 valence electrons. The molecule has 12 heteroatoms. The van der Waals surface area contributed by atoms with E-state index in [4.69, 9.17) is 23.8 Å². The SMILES string of the molecule is CNc1ccc(NC(=S)N2CCN(c3ncnc4[nH]c5cc(C(F)(F)F)c(Cl)cc5c34)CC2)cc1. The maximum absolute atomic E-state index is 13.3. The largest absolute Gasteiger partial charge is 0.417 e. The van der Waals surface area contributed by atoms with Gasteiger partial charge in [0.05, 0.1) is 16.0 Å². The summed E-state index contributed by atoms with van der Waals surface area (Å²) in [7, 11) is 1.86. The van der Waals surface area contributed by atoms with Crippen LogP contribution in [0.15, 0.2) is 42.7 Å². The summed E-state index contributed by atoms with van der Waals surface area (Å²) in [4.78, 5) is 15.8. The van der Waals surface area contributed by atoms with Crippen molar-refractivity contribution in [1.29, 1.82) is 0 Å². The van der Waals surface area contributed by atoms with Crippen LogP contribution in [-0.4, -0.2) is 58.2 Å². The van der Waals surface area contributed by atoms with E-state index in [0.717, 1.165) is 17.4 Å². The predicted octanol–water partition coefficient (Wildman–Crippen LogP) is 5.34. The van der Waals surface area contributed by atoms with E-state index in [9.17, 15) is 13.2 Å². The normalized spacial score (nSPS) is 14.5. The Morgan fingerprint density at radius 2 is 1.74 bits per heavy atom. The zero-order chi connectivity index (χ0) is 24.7. The third-order valence-electron chi connectivity index (χ3n) is 6.05. The third kappa shape index (κ3) is 4.53. The quantitative estimate of drug-likeness (QED) is 0.315. The molecule has 1 aliphatic heterocycles. The highest BCUT2D eigenvalue weighted by molar-refractivity contribution is 7.80. The van der Waals surface area contributed by atoms with Crippen LogP contribution in [0.1, 0.15) is 5.56 Å². The van der Waals surface area contributed by atoms with E-state index in [0.29, 0.717) is 59.0 Å². The average molecular weight is 520 g/mol. The summed E-state index contributed by atoms with van der Waals surface area (Å²) < 4.78 is 40.0. The molecule has 3 N–H and O–H groups in total. The van der Waals surface area contributed by atoms with Gasteiger partial charge >= 0.3 is 6.18 Å². The van der Waals surface area contributed by atoms with Gasteiger partial charge in [-0.1, -0.05) is 11.6 Å². The van der Waals surface area contributed by atoms with Gasteiger partial charge in [0.1, 0.15) is 17.8 Å². The number of nitrogens with one attached hydrogen (secondary N) is 3. The fraction of sp³-hybridized carbons (Fsp3) is 0.261. The summed E-state index contributed by atoms with van der Waals surface area (Å²) in [5.74, 6) is 0.651. The highest BCUT2D eigenvalue weighted by Crippen LogP contribution is 2.40. The molecule has 0 unspecified atom stereocenters. The number of benzene rings is 2. The van der Waals surface area contributed by atoms with Crippen molar-refractivity contribution in [3.63, 3.8) is 0 Å². The number of anilines is 3. The summed E-state index contributed by atoms with van der Waals surface area (Å²) in [6.07, 6.45) is -3.14. The maximum atomic E-state index is 13.3. The van der Waals surface area contributed by atoms with Gasteiger partial charge in [-0.05, 0) is 48.6 Å². The molecule has 0 amide bonds. The number of hydrogen-bond donors (Lipinski definition) is 3. The van der Waals surface area contributed by atoms with E-state index in [1.54, 1.807) is 0 Å². The van der Waals surface area contributed by atoms with Crippen LogP contribution >= 0.6 is 23.8 Å². The molecular formula is C23H21ClF3N7S. The molecule has 7 nitrogen and oxygen atoms in total. The summed E-state index contributed by atoms with van der Waals surface area (Å²) >= 11 is 11.6. The second-order valence-corrected chi connectivity index (χ2v) is 8.95. The Balaban J connectivity index is 1.36. The Kier molecular flexibility index (Phi) is 6.06. The molecule has 4 aromatic rings. The van der Waals surface area contributed by atoms with E-state index in [2.05, 4.69) is 35.4 Å². The van der Waals surface area contributed by atoms with Crippen molar-refractivity contribution < 1.29 is 13.2 Å². The molecule has 1 aliphatic rings. The van der Waals surface area contributed by atoms with Gasteiger partial charge in [-0.15, -0.1) is 0 Å². The van der Waals surface area contributed by atoms with Crippen molar-refractivity contribution in [3.05, 3.63) is 53.3 Å². The smallest absolute Gasteiger partial charge is 0.388 e. The van der Waals surface area contributed by atoms with Gasteiger partial charge in [-0.25, -0.2) is 9.97 Å². The van der Waals surface area contributed by atoms with Gasteiger partial charge < -0.3 is 25.4 Å². The lowest BCUT2D eigenvalue weighted by Gasteiger charge is -2.37. The minimum atomic E-state index is -4.55. The van der Waals surface area contributed by atoms with E-state index < -0.39 is 11.7 Å². The molecule has 0 saturated carbocycles. The standard InChI is InChI=1S/C23H21ClF3N7S/c1-28-13-2-4-14(5-3-13)31-22(35)34-8-6-33(7-9-34)21-19-15-10-17(24)16(23(25,26)27)11-18(15)32-20(19)29-12-30-21/h2-5,10-12,28H,6-9H2,1H3,(H,31,35)(H,29,30,32). The number of aromatic amines is 1. The van der Waals surface area contributed by atoms with Crippen molar-refractivity contribution in [2.24, 2.45) is 0 Å². The first-order valence-corrected chi connectivity index (χ1v) is 11.6. The van der Waals surface area contributed by atoms with Crippen LogP contribution in [0.3, 0.4) is 0 Å². The first-order valence-electron chi connectivity index (χ1n) is 10.9. The molecular weight excluding hydrogens is 499 g/mol. The van der Waals surface area contributed by atoms with Crippen LogP contribution in [-0.2, 0) is 6.18 Å². The van der Waals surface area contributed by atoms with Gasteiger partial charge in [-0.2, -0.15) is 13.2 Å². The van der Waals surface area contributed by atoms with Crippen LogP contribution < -0.4 is 15.5 Å². The lowest BCUT2D eigenvalue weighted by Crippen LogP contribution is -2.50. The molecule has 1 fully saturated rings. The summed E-state index contributed by atoms with van der Waals surface area (Å²) in [5, 5.41) is 7.82. The maximum Gasteiger partial charge on any atom is 0.417 e. The number of aromatic nitrogens is 3. The molecule has 0 bridgehead atoms. The molecule has 0 atom stereocenters. The van der Waals surface area contributed by atoms with Crippen molar-refractivity contribution in [2.75, 3.05) is 48.8 Å². The van der Waals surface area contributed by atoms with Crippen molar-refractivity contribution in [2.45, 2.75) is 6.18 Å². The zero-order valence-electron chi connectivity index (χ0n) is 18.6. The minimum Gasteiger partial charge on any atom is -0.388 e. The molecule has 0 spiro atoms. The van der Waals surface area contributed by atoms with Gasteiger partial charge in [0, 0.05) is 55.5 Å². The van der Waals surface area contributed by atoms with Gasteiger partial charge in [0.2, 0.25) is 0 Å². The van der Waals surface area contributed by atoms with Crippen molar-refractivity contribution in [1.82, 2.24) is 19.9 Å². The van der Waals surface area contributed by atoms with Crippen molar-refractivity contribution in [3.8, 4) is 0 Å². The Morgan fingerprint density at radius 3 is 2.40 bits per heavy atom. The number of nitrogens with zero attached hydrogens (tertiary/aromatic N) is 4. The number of thiocarbonyl (C=S) groups is 1. The Bertz CT molecular complexity index is 1400. The summed E-state index contributed by atoms with van der Waals surface area (Å²) in [6, 6.07) is 10.2. The molecule has 2 aromatic carbocycles. The molecule has 2 aromatic heterocycles. The number of alkyl halides is 3. The van der Waals surface area contributed by atoms with E-state index >= 15 is 0 Å². The zero-order valence-corrected chi connectivity index (χ0v) is 20.2. The second-order valence-electron chi connectivity index (χ2n) is 8.15. The predicted molar refractivity (Wildman–Crippen MR) is 137 cm³/mol. The second kappa shape index (κ2) is 9.04. The molecule has 1 saturated heterocycles. The van der Waals surface area contributed by atoms with E-state index in [1.807, 2.05) is 31.3 Å². The van der Waals surface area contributed by atoms with Crippen molar-refractivity contribution >= 4 is 68.1 Å². The van der Waals surface area contributed by atoms with Gasteiger partial charge in [-0.3, -0.25) is 0 Å². The first kappa shape index (κ1) is 23.4. The number of piperazine rings is 1. The number of H-pyrrole nitrogens is 1. The topological polar surface area (TPSA) is 72.1 Å². The first-order chi connectivity index (χ1) is 16.7. The van der Waals surface area contributed by atoms with Crippen LogP contribution in [0.5, 0.6) is 0 Å². The monoisotopic (exact) mass is 519 g/mol. The number of fused-ring (bicyclic) bond motifs is 3. The molecule has 3 heterocycles. The molecule has 0 aliphatic carbocycles. The molecule has 35 heavy (non-hydrogen) atoms. The van der Waals surface area contributed by atoms with Crippen LogP contribution in [0.4, 0.5) is 30.4 Å². The lowest BCUT2D eigenvalue weighted by atomic mass is 10.1. The average Bonchev–Trinajstić information content (AvgIpc) is 3.21. The minimum absolute atomic E-state index is 0.312. The summed E-state index contributed by atoms with van der Waals surface area (Å²) in [5.41, 5.74) is 1.81. The Morgan fingerprint density at radius 1 is 1.06 bits per heavy atom. The van der Waals surface area contributed by atoms with Crippen LogP contribution in [0.2, 0.25) is 5.02 Å². The highest BCUT2D eigenvalue weighted by atomic mass is 35.5. The third-order valence-corrected chi connectivity index (χ3v) is 6.73. The summed E-state index contributed by atoms with van der Waals surface area (Å²) in [6.45, 7) is 2.59. The number of hydrogen-bond acceptors (Lipinski definition) is 5. The Hall–Kier alpha value is -3.31. The highest BCUT2D eigenvalue weighted by Gasteiger charge is 2.34. The number of rotatable bonds is 3. The van der Waals surface area contributed by atoms with Gasteiger partial charge in [0.25, 0.3) is 0 Å². The Labute approximate surface area is 209 Å². The van der Waals surface area contributed by atoms with Gasteiger partial charge in [0.15, 0.2) is 5.11 Å². The lowest BCUT2D eigenvalue weighted by molar-refractivity contribution is -0.137. The van der Waals surface area contributed by atoms with E-state index in [-0.39, 0.29) is 5.02 Å². The molecule has 0 radical (unpaired) electrons. The van der Waals surface area contributed by atoms with Crippen LogP contribution in [0.25, 0.3) is 21.9 Å². The number of halogens is 4. The van der Waals surface area contributed by atoms with Crippen LogP contribution in [0, 0.1) is 0 Å².